The minimum atomic E-state index is -0.696. The maximum absolute atomic E-state index is 11.0. The normalized spacial score (nSPS) is 15.4. The molecule has 1 heterocycles. The number of methoxy groups -OCH3 is 1. The third kappa shape index (κ3) is 1.92. The van der Waals surface area contributed by atoms with Crippen molar-refractivity contribution in [1.82, 2.24) is 0 Å². The lowest BCUT2D eigenvalue weighted by Crippen LogP contribution is -1.98. The molecule has 2 rings (SSSR count). The van der Waals surface area contributed by atoms with Gasteiger partial charge in [-0.3, -0.25) is 9.59 Å². The molecule has 0 saturated heterocycles. The summed E-state index contributed by atoms with van der Waals surface area (Å²) in [6.45, 7) is 0. The maximum Gasteiger partial charge on any atom is 0.325 e. The first-order valence-electron chi connectivity index (χ1n) is 4.20. The fourth-order valence-corrected chi connectivity index (χ4v) is 1.85. The second-order valence-electron chi connectivity index (χ2n) is 2.84. The molecule has 1 aliphatic rings. The minimum absolute atomic E-state index is 0.434. The first-order valence-corrected chi connectivity index (χ1v) is 5.01. The molecule has 0 atom stereocenters. The van der Waals surface area contributed by atoms with Gasteiger partial charge in [0.1, 0.15) is 10.8 Å². The summed E-state index contributed by atoms with van der Waals surface area (Å²) < 4.78 is 5.03. The predicted molar refractivity (Wildman–Crippen MR) is 57.1 cm³/mol. The van der Waals surface area contributed by atoms with E-state index in [4.69, 9.17) is 4.74 Å². The van der Waals surface area contributed by atoms with Crippen molar-refractivity contribution in [2.45, 2.75) is 0 Å². The summed E-state index contributed by atoms with van der Waals surface area (Å²) in [5.74, 6) is -0.0274. The van der Waals surface area contributed by atoms with E-state index in [1.807, 2.05) is 0 Å². The van der Waals surface area contributed by atoms with Crippen LogP contribution in [0.3, 0.4) is 0 Å². The Morgan fingerprint density at radius 1 is 1.33 bits per heavy atom. The Morgan fingerprint density at radius 3 is 2.73 bits per heavy atom. The smallest absolute Gasteiger partial charge is 0.325 e. The number of hydrogen-bond acceptors (Lipinski definition) is 4. The van der Waals surface area contributed by atoms with Crippen LogP contribution in [0.4, 0.5) is 0 Å². The fraction of sp³-hybridized carbons (Fsp3) is 0.100. The molecule has 0 aromatic heterocycles. The molecule has 0 fully saturated rings. The molecule has 0 saturated carbocycles. The van der Waals surface area contributed by atoms with E-state index in [1.54, 1.807) is 31.4 Å². The standard InChI is InChI=1S/C10H7NO3S/c1-14-7-4-2-3-6(5-7)9-11-8(12)10(13)15-9/h2-5H,1H3. The Morgan fingerprint density at radius 2 is 2.13 bits per heavy atom. The molecular formula is C10H7NO3S. The van der Waals surface area contributed by atoms with Crippen LogP contribution in [0, 0.1) is 0 Å². The summed E-state index contributed by atoms with van der Waals surface area (Å²) in [6.07, 6.45) is 0. The van der Waals surface area contributed by atoms with Gasteiger partial charge in [-0.1, -0.05) is 12.1 Å². The fourth-order valence-electron chi connectivity index (χ4n) is 1.17. The van der Waals surface area contributed by atoms with Crippen molar-refractivity contribution in [2.24, 2.45) is 4.99 Å². The molecule has 0 radical (unpaired) electrons. The molecule has 0 spiro atoms. The Hall–Kier alpha value is -1.62. The van der Waals surface area contributed by atoms with E-state index in [9.17, 15) is 9.59 Å². The van der Waals surface area contributed by atoms with Gasteiger partial charge >= 0.3 is 5.91 Å². The summed E-state index contributed by atoms with van der Waals surface area (Å²) in [5.41, 5.74) is 0.721. The summed E-state index contributed by atoms with van der Waals surface area (Å²) >= 11 is 0.852. The van der Waals surface area contributed by atoms with Crippen LogP contribution in [-0.4, -0.2) is 23.2 Å². The SMILES string of the molecule is COc1cccc(C2=NC(=O)C(=O)S2)c1. The van der Waals surface area contributed by atoms with Gasteiger partial charge in [0.15, 0.2) is 0 Å². The van der Waals surface area contributed by atoms with E-state index in [0.29, 0.717) is 10.8 Å². The molecule has 1 aromatic rings. The van der Waals surface area contributed by atoms with E-state index in [1.165, 1.54) is 0 Å². The lowest BCUT2D eigenvalue weighted by molar-refractivity contribution is -0.130. The van der Waals surface area contributed by atoms with Crippen LogP contribution < -0.4 is 4.74 Å². The summed E-state index contributed by atoms with van der Waals surface area (Å²) in [5, 5.41) is -0.100. The van der Waals surface area contributed by atoms with Gasteiger partial charge in [-0.05, 0) is 23.9 Å². The molecule has 0 aliphatic carbocycles. The number of amides is 1. The monoisotopic (exact) mass is 221 g/mol. The van der Waals surface area contributed by atoms with Gasteiger partial charge < -0.3 is 4.74 Å². The highest BCUT2D eigenvalue weighted by Gasteiger charge is 2.26. The van der Waals surface area contributed by atoms with Gasteiger partial charge in [-0.2, -0.15) is 4.99 Å². The number of rotatable bonds is 2. The van der Waals surface area contributed by atoms with Crippen LogP contribution in [0.25, 0.3) is 0 Å². The van der Waals surface area contributed by atoms with Crippen LogP contribution in [0.1, 0.15) is 5.56 Å². The molecule has 15 heavy (non-hydrogen) atoms. The Labute approximate surface area is 90.3 Å². The Kier molecular flexibility index (Phi) is 2.55. The van der Waals surface area contributed by atoms with Gasteiger partial charge in [-0.25, -0.2) is 0 Å². The number of hydrogen-bond donors (Lipinski definition) is 0. The molecule has 4 nitrogen and oxygen atoms in total. The quantitative estimate of drug-likeness (QED) is 0.705. The number of thioether (sulfide) groups is 1. The first-order chi connectivity index (χ1) is 7.20. The predicted octanol–water partition coefficient (Wildman–Crippen LogP) is 1.24. The summed E-state index contributed by atoms with van der Waals surface area (Å²) in [6, 6.07) is 7.08. The average Bonchev–Trinajstić information content (AvgIpc) is 2.59. The van der Waals surface area contributed by atoms with E-state index in [0.717, 1.165) is 17.3 Å². The van der Waals surface area contributed by atoms with E-state index >= 15 is 0 Å². The van der Waals surface area contributed by atoms with Crippen LogP contribution in [0.2, 0.25) is 0 Å². The van der Waals surface area contributed by atoms with Crippen molar-refractivity contribution >= 4 is 27.8 Å². The number of carbonyl (C=O) groups is 2. The van der Waals surface area contributed by atoms with E-state index < -0.39 is 11.0 Å². The largest absolute Gasteiger partial charge is 0.497 e. The van der Waals surface area contributed by atoms with Crippen molar-refractivity contribution in [1.29, 1.82) is 0 Å². The highest BCUT2D eigenvalue weighted by Crippen LogP contribution is 2.23. The molecule has 0 bridgehead atoms. The number of aliphatic imine (C=N–C) groups is 1. The van der Waals surface area contributed by atoms with Crippen LogP contribution in [-0.2, 0) is 9.59 Å². The lowest BCUT2D eigenvalue weighted by atomic mass is 10.2. The lowest BCUT2D eigenvalue weighted by Gasteiger charge is -2.01. The van der Waals surface area contributed by atoms with Gasteiger partial charge in [-0.15, -0.1) is 0 Å². The van der Waals surface area contributed by atoms with Gasteiger partial charge in [0, 0.05) is 5.56 Å². The first kappa shape index (κ1) is 9.92. The van der Waals surface area contributed by atoms with Crippen molar-refractivity contribution in [3.63, 3.8) is 0 Å². The third-order valence-corrected chi connectivity index (χ3v) is 2.76. The van der Waals surface area contributed by atoms with E-state index in [2.05, 4.69) is 4.99 Å². The molecule has 76 valence electrons. The minimum Gasteiger partial charge on any atom is -0.497 e. The van der Waals surface area contributed by atoms with Gasteiger partial charge in [0.25, 0.3) is 5.12 Å². The number of nitrogens with zero attached hydrogens (tertiary/aromatic N) is 1. The number of ether oxygens (including phenoxy) is 1. The summed E-state index contributed by atoms with van der Waals surface area (Å²) in [4.78, 5) is 25.6. The second-order valence-corrected chi connectivity index (χ2v) is 3.81. The van der Waals surface area contributed by atoms with Crippen molar-refractivity contribution in [3.05, 3.63) is 29.8 Å². The molecule has 1 aliphatic heterocycles. The van der Waals surface area contributed by atoms with E-state index in [-0.39, 0.29) is 0 Å². The molecule has 0 unspecified atom stereocenters. The second kappa shape index (κ2) is 3.86. The Bertz CT molecular complexity index is 467. The molecule has 0 N–H and O–H groups in total. The van der Waals surface area contributed by atoms with Gasteiger partial charge in [0.05, 0.1) is 7.11 Å². The highest BCUT2D eigenvalue weighted by atomic mass is 32.2. The topological polar surface area (TPSA) is 55.7 Å². The van der Waals surface area contributed by atoms with Crippen LogP contribution in [0.5, 0.6) is 5.75 Å². The molecule has 1 amide bonds. The van der Waals surface area contributed by atoms with Crippen molar-refractivity contribution < 1.29 is 14.3 Å². The highest BCUT2D eigenvalue weighted by molar-refractivity contribution is 8.28. The van der Waals surface area contributed by atoms with Crippen molar-refractivity contribution in [3.8, 4) is 5.75 Å². The zero-order chi connectivity index (χ0) is 10.8. The van der Waals surface area contributed by atoms with Crippen LogP contribution in [0.15, 0.2) is 29.3 Å². The number of benzene rings is 1. The molecule has 5 heteroatoms. The van der Waals surface area contributed by atoms with Crippen LogP contribution >= 0.6 is 11.8 Å². The average molecular weight is 221 g/mol. The number of carbonyl (C=O) groups excluding carboxylic acids is 2. The zero-order valence-electron chi connectivity index (χ0n) is 7.89. The third-order valence-electron chi connectivity index (χ3n) is 1.88. The molecular weight excluding hydrogens is 214 g/mol. The van der Waals surface area contributed by atoms with Crippen molar-refractivity contribution in [2.75, 3.05) is 7.11 Å². The Balaban J connectivity index is 2.35. The maximum atomic E-state index is 11.0. The molecule has 1 aromatic carbocycles. The summed E-state index contributed by atoms with van der Waals surface area (Å²) in [7, 11) is 1.55. The zero-order valence-corrected chi connectivity index (χ0v) is 8.71. The van der Waals surface area contributed by atoms with Gasteiger partial charge in [0.2, 0.25) is 0 Å².